The lowest BCUT2D eigenvalue weighted by Gasteiger charge is -2.27. The summed E-state index contributed by atoms with van der Waals surface area (Å²) in [6.07, 6.45) is 1.17. The van der Waals surface area contributed by atoms with Gasteiger partial charge in [-0.15, -0.1) is 0 Å². The van der Waals surface area contributed by atoms with E-state index in [1.807, 2.05) is 0 Å². The van der Waals surface area contributed by atoms with Crippen LogP contribution in [0.1, 0.15) is 25.8 Å². The third-order valence-electron chi connectivity index (χ3n) is 4.89. The van der Waals surface area contributed by atoms with Crippen LogP contribution in [-0.4, -0.2) is 16.8 Å². The number of anilines is 1. The maximum absolute atomic E-state index is 13.0. The molecule has 0 spiro atoms. The van der Waals surface area contributed by atoms with Crippen LogP contribution >= 0.6 is 0 Å². The lowest BCUT2D eigenvalue weighted by atomic mass is 9.76. The van der Waals surface area contributed by atoms with Gasteiger partial charge in [-0.05, 0) is 36.8 Å². The maximum Gasteiger partial charge on any atom is 0.417 e. The molecule has 1 aliphatic heterocycles. The molecular formula is C19H18F3N3O2. The zero-order valence-electron chi connectivity index (χ0n) is 14.8. The van der Waals surface area contributed by atoms with E-state index in [0.717, 1.165) is 18.3 Å². The molecule has 1 fully saturated rings. The van der Waals surface area contributed by atoms with E-state index in [2.05, 4.69) is 16.9 Å². The molecule has 0 aromatic carbocycles. The van der Waals surface area contributed by atoms with Crippen molar-refractivity contribution in [3.05, 3.63) is 60.1 Å². The van der Waals surface area contributed by atoms with E-state index < -0.39 is 17.2 Å². The Kier molecular flexibility index (Phi) is 4.45. The van der Waals surface area contributed by atoms with E-state index in [9.17, 15) is 22.8 Å². The number of halogens is 3. The smallest absolute Gasteiger partial charge is 0.326 e. The molecule has 0 saturated carbocycles. The van der Waals surface area contributed by atoms with Crippen LogP contribution in [0.15, 0.2) is 54.5 Å². The fourth-order valence-electron chi connectivity index (χ4n) is 3.33. The molecule has 1 N–H and O–H groups in total. The summed E-state index contributed by atoms with van der Waals surface area (Å²) < 4.78 is 38.3. The summed E-state index contributed by atoms with van der Waals surface area (Å²) in [5.74, 6) is -0.696. The Hall–Kier alpha value is -2.90. The summed E-state index contributed by atoms with van der Waals surface area (Å²) in [5, 5.41) is 2.70. The average Bonchev–Trinajstić information content (AvgIpc) is 2.81. The van der Waals surface area contributed by atoms with E-state index in [4.69, 9.17) is 0 Å². The number of nitrogens with zero attached hydrogens (tertiary/aromatic N) is 2. The van der Waals surface area contributed by atoms with Crippen molar-refractivity contribution in [3.63, 3.8) is 0 Å². The van der Waals surface area contributed by atoms with Crippen molar-refractivity contribution in [2.24, 2.45) is 11.3 Å². The summed E-state index contributed by atoms with van der Waals surface area (Å²) in [6.45, 7) is 6.95. The van der Waals surface area contributed by atoms with Gasteiger partial charge in [-0.25, -0.2) is 4.98 Å². The van der Waals surface area contributed by atoms with E-state index in [1.165, 1.54) is 11.0 Å². The SMILES string of the molecule is C=CC(=O)NC1=CC=C2C(C1)C(C)(C)C(=O)N2c1ccc(C(F)(F)F)cn1. The third-order valence-corrected chi connectivity index (χ3v) is 4.89. The van der Waals surface area contributed by atoms with Gasteiger partial charge in [-0.2, -0.15) is 13.2 Å². The number of aromatic nitrogens is 1. The van der Waals surface area contributed by atoms with Crippen molar-refractivity contribution < 1.29 is 22.8 Å². The minimum Gasteiger partial charge on any atom is -0.326 e. The summed E-state index contributed by atoms with van der Waals surface area (Å²) in [4.78, 5) is 29.7. The standard InChI is InChI=1S/C19H18F3N3O2/c1-4-16(26)24-12-6-7-14-13(9-12)18(2,3)17(27)25(14)15-8-5-11(10-23-15)19(20,21)22/h4-8,10,13H,1,9H2,2-3H3,(H,24,26). The predicted octanol–water partition coefficient (Wildman–Crippen LogP) is 3.56. The van der Waals surface area contributed by atoms with Crippen LogP contribution in [0.3, 0.4) is 0 Å². The zero-order valence-corrected chi connectivity index (χ0v) is 14.8. The summed E-state index contributed by atoms with van der Waals surface area (Å²) in [7, 11) is 0. The number of hydrogen-bond acceptors (Lipinski definition) is 3. The van der Waals surface area contributed by atoms with Gasteiger partial charge in [0.1, 0.15) is 5.82 Å². The lowest BCUT2D eigenvalue weighted by Crippen LogP contribution is -2.32. The number of amides is 2. The van der Waals surface area contributed by atoms with Gasteiger partial charge >= 0.3 is 6.18 Å². The molecule has 2 aliphatic rings. The first-order valence-corrected chi connectivity index (χ1v) is 8.27. The van der Waals surface area contributed by atoms with Crippen LogP contribution in [0.2, 0.25) is 0 Å². The second-order valence-electron chi connectivity index (χ2n) is 7.00. The Morgan fingerprint density at radius 2 is 2.07 bits per heavy atom. The molecule has 8 heteroatoms. The number of fused-ring (bicyclic) bond motifs is 1. The van der Waals surface area contributed by atoms with Gasteiger partial charge in [0.2, 0.25) is 11.8 Å². The van der Waals surface area contributed by atoms with Gasteiger partial charge in [-0.1, -0.05) is 20.4 Å². The van der Waals surface area contributed by atoms with Gasteiger partial charge < -0.3 is 5.32 Å². The van der Waals surface area contributed by atoms with E-state index >= 15 is 0 Å². The minimum atomic E-state index is -4.49. The average molecular weight is 377 g/mol. The zero-order chi connectivity index (χ0) is 20.0. The van der Waals surface area contributed by atoms with Crippen molar-refractivity contribution in [2.45, 2.75) is 26.4 Å². The number of carbonyl (C=O) groups is 2. The first-order valence-electron chi connectivity index (χ1n) is 8.27. The number of nitrogens with one attached hydrogen (secondary N) is 1. The highest BCUT2D eigenvalue weighted by Crippen LogP contribution is 2.49. The molecule has 2 heterocycles. The highest BCUT2D eigenvalue weighted by molar-refractivity contribution is 6.03. The van der Waals surface area contributed by atoms with Crippen LogP contribution in [0.4, 0.5) is 19.0 Å². The van der Waals surface area contributed by atoms with Gasteiger partial charge in [0.25, 0.3) is 0 Å². The normalized spacial score (nSPS) is 21.3. The summed E-state index contributed by atoms with van der Waals surface area (Å²) in [6, 6.07) is 2.10. The second kappa shape index (κ2) is 6.37. The Labute approximate surface area is 154 Å². The lowest BCUT2D eigenvalue weighted by molar-refractivity contribution is -0.137. The molecule has 5 nitrogen and oxygen atoms in total. The maximum atomic E-state index is 13.0. The molecule has 3 rings (SSSR count). The monoisotopic (exact) mass is 377 g/mol. The number of pyridine rings is 1. The molecule has 1 aliphatic carbocycles. The number of rotatable bonds is 3. The van der Waals surface area contributed by atoms with Crippen LogP contribution < -0.4 is 10.2 Å². The summed E-state index contributed by atoms with van der Waals surface area (Å²) >= 11 is 0. The number of hydrogen-bond donors (Lipinski definition) is 1. The van der Waals surface area contributed by atoms with E-state index in [-0.39, 0.29) is 23.6 Å². The van der Waals surface area contributed by atoms with Gasteiger partial charge in [0.05, 0.1) is 11.0 Å². The van der Waals surface area contributed by atoms with Crippen molar-refractivity contribution in [2.75, 3.05) is 4.90 Å². The Morgan fingerprint density at radius 1 is 1.37 bits per heavy atom. The van der Waals surface area contributed by atoms with Gasteiger partial charge in [0.15, 0.2) is 0 Å². The highest BCUT2D eigenvalue weighted by atomic mass is 19.4. The van der Waals surface area contributed by atoms with Crippen LogP contribution in [-0.2, 0) is 15.8 Å². The molecule has 142 valence electrons. The molecule has 1 atom stereocenters. The molecule has 27 heavy (non-hydrogen) atoms. The molecule has 0 bridgehead atoms. The second-order valence-corrected chi connectivity index (χ2v) is 7.00. The minimum absolute atomic E-state index is 0.141. The first kappa shape index (κ1) is 18.9. The molecule has 1 aromatic heterocycles. The number of carbonyl (C=O) groups excluding carboxylic acids is 2. The van der Waals surface area contributed by atoms with Crippen LogP contribution in [0.5, 0.6) is 0 Å². The quantitative estimate of drug-likeness (QED) is 0.820. The molecule has 1 unspecified atom stereocenters. The Morgan fingerprint density at radius 3 is 2.63 bits per heavy atom. The van der Waals surface area contributed by atoms with E-state index in [0.29, 0.717) is 17.8 Å². The van der Waals surface area contributed by atoms with Gasteiger partial charge in [0, 0.05) is 23.5 Å². The first-order chi connectivity index (χ1) is 12.6. The van der Waals surface area contributed by atoms with Crippen molar-refractivity contribution >= 4 is 17.6 Å². The summed E-state index contributed by atoms with van der Waals surface area (Å²) in [5.41, 5.74) is -0.375. The molecule has 1 aromatic rings. The fraction of sp³-hybridized carbons (Fsp3) is 0.316. The number of alkyl halides is 3. The van der Waals surface area contributed by atoms with Crippen molar-refractivity contribution in [1.82, 2.24) is 10.3 Å². The van der Waals surface area contributed by atoms with Crippen molar-refractivity contribution in [1.29, 1.82) is 0 Å². The Balaban J connectivity index is 1.97. The van der Waals surface area contributed by atoms with E-state index in [1.54, 1.807) is 26.0 Å². The predicted molar refractivity (Wildman–Crippen MR) is 93.1 cm³/mol. The van der Waals surface area contributed by atoms with Gasteiger partial charge in [-0.3, -0.25) is 14.5 Å². The number of allylic oxidation sites excluding steroid dienone is 4. The fourth-order valence-corrected chi connectivity index (χ4v) is 3.33. The Bertz CT molecular complexity index is 867. The highest BCUT2D eigenvalue weighted by Gasteiger charge is 2.52. The topological polar surface area (TPSA) is 62.3 Å². The van der Waals surface area contributed by atoms with Crippen LogP contribution in [0, 0.1) is 11.3 Å². The molecular weight excluding hydrogens is 359 g/mol. The van der Waals surface area contributed by atoms with Crippen molar-refractivity contribution in [3.8, 4) is 0 Å². The van der Waals surface area contributed by atoms with Crippen LogP contribution in [0.25, 0.3) is 0 Å². The molecule has 0 radical (unpaired) electrons. The third kappa shape index (κ3) is 3.27. The molecule has 2 amide bonds. The molecule has 1 saturated heterocycles. The largest absolute Gasteiger partial charge is 0.417 e.